The maximum Gasteiger partial charge on any atom is 0.194 e. The van der Waals surface area contributed by atoms with Gasteiger partial charge in [-0.15, -0.1) is 0 Å². The number of hydrogen-bond acceptors (Lipinski definition) is 0. The van der Waals surface area contributed by atoms with Crippen molar-refractivity contribution in [2.75, 3.05) is 0 Å². The fraction of sp³-hybridized carbons (Fsp3) is 0. The molecule has 53 valence electrons. The first-order valence-electron chi connectivity index (χ1n) is 2.47. The third-order valence-corrected chi connectivity index (χ3v) is 0.984. The van der Waals surface area contributed by atoms with E-state index in [0.29, 0.717) is 12.1 Å². The summed E-state index contributed by atoms with van der Waals surface area (Å²) < 4.78 is 36.3. The van der Waals surface area contributed by atoms with Gasteiger partial charge in [-0.1, -0.05) is 0 Å². The summed E-state index contributed by atoms with van der Waals surface area (Å²) in [7, 11) is 0. The van der Waals surface area contributed by atoms with Crippen molar-refractivity contribution in [3.8, 4) is 0 Å². The Morgan fingerprint density at radius 3 is 1.80 bits per heavy atom. The van der Waals surface area contributed by atoms with Crippen LogP contribution in [0.25, 0.3) is 0 Å². The third kappa shape index (κ3) is 1.05. The molecular weight excluding hydrogens is 143 g/mol. The zero-order valence-corrected chi connectivity index (χ0v) is 4.79. The number of rotatable bonds is 0. The lowest BCUT2D eigenvalue weighted by Crippen LogP contribution is -1.89. The van der Waals surface area contributed by atoms with Crippen molar-refractivity contribution in [2.24, 2.45) is 0 Å². The molecule has 0 saturated carbocycles. The smallest absolute Gasteiger partial charge is 0.194 e. The van der Waals surface area contributed by atoms with Gasteiger partial charge < -0.3 is 5.73 Å². The monoisotopic (exact) mass is 146 g/mol. The minimum absolute atomic E-state index is 0.378. The number of benzene rings is 1. The first kappa shape index (κ1) is 6.92. The lowest BCUT2D eigenvalue weighted by Gasteiger charge is -1.94. The Morgan fingerprint density at radius 2 is 1.40 bits per heavy atom. The highest BCUT2D eigenvalue weighted by atomic mass is 19.2. The van der Waals surface area contributed by atoms with E-state index in [1.165, 1.54) is 0 Å². The molecule has 0 aliphatic carbocycles. The van der Waals surface area contributed by atoms with Crippen LogP contribution in [0.5, 0.6) is 0 Å². The lowest BCUT2D eigenvalue weighted by molar-refractivity contribution is 0.447. The summed E-state index contributed by atoms with van der Waals surface area (Å²) in [5.41, 5.74) is 6.35. The molecule has 0 spiro atoms. The summed E-state index contributed by atoms with van der Waals surface area (Å²) in [6.45, 7) is 0. The van der Waals surface area contributed by atoms with E-state index in [1.54, 1.807) is 0 Å². The molecule has 1 aromatic rings. The van der Waals surface area contributed by atoms with Crippen LogP contribution in [0.3, 0.4) is 0 Å². The molecule has 0 aromatic heterocycles. The summed E-state index contributed by atoms with van der Waals surface area (Å²) in [6.07, 6.45) is 0. The van der Waals surface area contributed by atoms with Crippen LogP contribution < -0.4 is 5.73 Å². The minimum atomic E-state index is -1.53. The Morgan fingerprint density at radius 1 is 1.00 bits per heavy atom. The predicted molar refractivity (Wildman–Crippen MR) is 29.1 cm³/mol. The first-order valence-corrected chi connectivity index (χ1v) is 2.47. The highest BCUT2D eigenvalue weighted by Gasteiger charge is 2.08. The molecule has 0 saturated heterocycles. The van der Waals surface area contributed by atoms with Crippen LogP contribution in [-0.2, 0) is 0 Å². The van der Waals surface area contributed by atoms with Gasteiger partial charge in [-0.25, -0.2) is 13.2 Å². The molecule has 0 aliphatic heterocycles. The maximum atomic E-state index is 12.1. The zero-order valence-electron chi connectivity index (χ0n) is 4.79. The van der Waals surface area contributed by atoms with Crippen LogP contribution in [0, 0.1) is 17.5 Å². The molecule has 4 heteroatoms. The van der Waals surface area contributed by atoms with Gasteiger partial charge in [-0.2, -0.15) is 0 Å². The zero-order chi connectivity index (χ0) is 7.72. The van der Waals surface area contributed by atoms with Gasteiger partial charge in [0.15, 0.2) is 17.5 Å². The third-order valence-electron chi connectivity index (χ3n) is 0.984. The fourth-order valence-electron chi connectivity index (χ4n) is 0.556. The molecule has 0 aliphatic rings. The Labute approximate surface area is 55.3 Å². The topological polar surface area (TPSA) is 23.8 Å². The van der Waals surface area contributed by atoms with E-state index in [-0.39, 0.29) is 5.69 Å². The predicted octanol–water partition coefficient (Wildman–Crippen LogP) is 2.02. The normalized spacial score (nSPS) is 9.90. The molecule has 0 fully saturated rings. The summed E-state index contributed by atoms with van der Waals surface area (Å²) in [5, 5.41) is 0. The molecule has 1 rings (SSSR count). The molecule has 1 nitrogen and oxygen atoms in total. The average Bonchev–Trinajstić information content (AvgIpc) is 1.82. The van der Waals surface area contributed by atoms with Crippen molar-refractivity contribution < 1.29 is 13.2 Å². The highest BCUT2D eigenvalue weighted by Crippen LogP contribution is 2.14. The highest BCUT2D eigenvalue weighted by molar-refractivity contribution is 5.34. The molecular formula is C6H3F3N. The molecule has 0 heterocycles. The number of halogens is 3. The second-order valence-corrected chi connectivity index (χ2v) is 1.75. The Hall–Kier alpha value is -1.19. The summed E-state index contributed by atoms with van der Waals surface area (Å²) in [4.78, 5) is 0. The SMILES string of the molecule is [NH]c1cc(F)c(F)c(F)c1. The molecule has 10 heavy (non-hydrogen) atoms. The Balaban J connectivity index is 3.31. The van der Waals surface area contributed by atoms with Crippen molar-refractivity contribution >= 4 is 5.69 Å². The van der Waals surface area contributed by atoms with E-state index < -0.39 is 17.5 Å². The van der Waals surface area contributed by atoms with Crippen LogP contribution in [-0.4, -0.2) is 0 Å². The number of nitrogens with one attached hydrogen (secondary N) is 1. The van der Waals surface area contributed by atoms with Crippen LogP contribution in [0.2, 0.25) is 0 Å². The molecule has 0 atom stereocenters. The van der Waals surface area contributed by atoms with E-state index in [2.05, 4.69) is 0 Å². The first-order chi connectivity index (χ1) is 4.61. The average molecular weight is 146 g/mol. The quantitative estimate of drug-likeness (QED) is 0.500. The van der Waals surface area contributed by atoms with Gasteiger partial charge in [0.1, 0.15) is 0 Å². The van der Waals surface area contributed by atoms with Crippen LogP contribution in [0.4, 0.5) is 18.9 Å². The molecule has 0 amide bonds. The Kier molecular flexibility index (Phi) is 1.53. The second kappa shape index (κ2) is 2.21. The van der Waals surface area contributed by atoms with Gasteiger partial charge in [0, 0.05) is 12.1 Å². The van der Waals surface area contributed by atoms with Gasteiger partial charge in [-0.3, -0.25) is 0 Å². The van der Waals surface area contributed by atoms with Gasteiger partial charge in [-0.05, 0) is 0 Å². The van der Waals surface area contributed by atoms with E-state index in [0.717, 1.165) is 0 Å². The molecule has 1 radical (unpaired) electrons. The number of hydrogen-bond donors (Lipinski definition) is 0. The van der Waals surface area contributed by atoms with Crippen LogP contribution in [0.1, 0.15) is 0 Å². The second-order valence-electron chi connectivity index (χ2n) is 1.75. The molecule has 1 N–H and O–H groups in total. The van der Waals surface area contributed by atoms with E-state index in [1.807, 2.05) is 0 Å². The van der Waals surface area contributed by atoms with E-state index >= 15 is 0 Å². The standard InChI is InChI=1S/C6H3F3N/c7-4-1-3(10)2-5(8)6(4)9/h1-2,10H. The molecule has 0 bridgehead atoms. The van der Waals surface area contributed by atoms with Gasteiger partial charge in [0.25, 0.3) is 0 Å². The summed E-state index contributed by atoms with van der Waals surface area (Å²) in [6, 6.07) is 1.22. The summed E-state index contributed by atoms with van der Waals surface area (Å²) >= 11 is 0. The largest absolute Gasteiger partial charge is 0.301 e. The van der Waals surface area contributed by atoms with Crippen LogP contribution in [0.15, 0.2) is 12.1 Å². The van der Waals surface area contributed by atoms with Crippen molar-refractivity contribution in [1.82, 2.24) is 5.73 Å². The van der Waals surface area contributed by atoms with Crippen molar-refractivity contribution in [3.05, 3.63) is 29.6 Å². The Bertz CT molecular complexity index is 236. The van der Waals surface area contributed by atoms with Gasteiger partial charge in [0.2, 0.25) is 0 Å². The van der Waals surface area contributed by atoms with E-state index in [4.69, 9.17) is 5.73 Å². The molecule has 0 unspecified atom stereocenters. The van der Waals surface area contributed by atoms with Gasteiger partial charge >= 0.3 is 0 Å². The van der Waals surface area contributed by atoms with Crippen molar-refractivity contribution in [1.29, 1.82) is 0 Å². The summed E-state index contributed by atoms with van der Waals surface area (Å²) in [5.74, 6) is -4.19. The maximum absolute atomic E-state index is 12.1. The minimum Gasteiger partial charge on any atom is -0.301 e. The molecule has 1 aromatic carbocycles. The van der Waals surface area contributed by atoms with E-state index in [9.17, 15) is 13.2 Å². The van der Waals surface area contributed by atoms with Crippen LogP contribution >= 0.6 is 0 Å². The van der Waals surface area contributed by atoms with Crippen molar-refractivity contribution in [2.45, 2.75) is 0 Å². The lowest BCUT2D eigenvalue weighted by atomic mass is 10.3. The fourth-order valence-corrected chi connectivity index (χ4v) is 0.556. The van der Waals surface area contributed by atoms with Gasteiger partial charge in [0.05, 0.1) is 5.69 Å². The van der Waals surface area contributed by atoms with Crippen molar-refractivity contribution in [3.63, 3.8) is 0 Å².